The Morgan fingerprint density at radius 3 is 3.00 bits per heavy atom. The summed E-state index contributed by atoms with van der Waals surface area (Å²) in [6.07, 6.45) is 6.04. The molecule has 0 amide bonds. The molecule has 2 rings (SSSR count). The van der Waals surface area contributed by atoms with Gasteiger partial charge in [-0.2, -0.15) is 0 Å². The van der Waals surface area contributed by atoms with Gasteiger partial charge in [-0.3, -0.25) is 9.69 Å². The largest absolute Gasteiger partial charge is 0.375 e. The Kier molecular flexibility index (Phi) is 3.76. The van der Waals surface area contributed by atoms with E-state index in [2.05, 4.69) is 4.90 Å². The van der Waals surface area contributed by atoms with Crippen molar-refractivity contribution in [3.63, 3.8) is 0 Å². The van der Waals surface area contributed by atoms with E-state index in [1.165, 1.54) is 25.7 Å². The minimum absolute atomic E-state index is 0.362. The van der Waals surface area contributed by atoms with Crippen molar-refractivity contribution in [2.75, 3.05) is 19.7 Å². The molecule has 0 N–H and O–H groups in total. The Balaban J connectivity index is 1.94. The molecule has 1 saturated heterocycles. The molecule has 2 fully saturated rings. The van der Waals surface area contributed by atoms with Gasteiger partial charge in [-0.15, -0.1) is 0 Å². The summed E-state index contributed by atoms with van der Waals surface area (Å²) in [5.41, 5.74) is 0. The predicted octanol–water partition coefficient (Wildman–Crippen LogP) is 1.61. The fourth-order valence-electron chi connectivity index (χ4n) is 2.71. The third-order valence-electron chi connectivity index (χ3n) is 3.62. The number of morpholine rings is 1. The van der Waals surface area contributed by atoms with Gasteiger partial charge in [0.15, 0.2) is 0 Å². The molecule has 0 aromatic heterocycles. The smallest absolute Gasteiger partial charge is 0.146 e. The quantitative estimate of drug-likeness (QED) is 0.710. The number of ketones is 1. The molecule has 1 aliphatic carbocycles. The first-order valence-electron chi connectivity index (χ1n) is 6.18. The molecule has 2 unspecified atom stereocenters. The molecule has 0 aromatic carbocycles. The highest BCUT2D eigenvalue weighted by molar-refractivity contribution is 5.80. The highest BCUT2D eigenvalue weighted by Gasteiger charge is 2.34. The molecule has 1 aliphatic heterocycles. The Morgan fingerprint density at radius 1 is 1.40 bits per heavy atom. The average molecular weight is 211 g/mol. The highest BCUT2D eigenvalue weighted by Crippen LogP contribution is 2.28. The normalized spacial score (nSPS) is 32.3. The number of fused-ring (bicyclic) bond motifs is 1. The summed E-state index contributed by atoms with van der Waals surface area (Å²) in [5, 5.41) is 0. The van der Waals surface area contributed by atoms with E-state index in [1.807, 2.05) is 6.92 Å². The first kappa shape index (κ1) is 11.1. The molecule has 0 aromatic rings. The Morgan fingerprint density at radius 2 is 2.20 bits per heavy atom. The van der Waals surface area contributed by atoms with Gasteiger partial charge in [0.2, 0.25) is 0 Å². The summed E-state index contributed by atoms with van der Waals surface area (Å²) in [5.74, 6) is 0.362. The molecule has 1 heterocycles. The summed E-state index contributed by atoms with van der Waals surface area (Å²) in [4.78, 5) is 13.8. The first-order chi connectivity index (χ1) is 7.31. The fourth-order valence-corrected chi connectivity index (χ4v) is 2.71. The SMILES string of the molecule is CCC(=O)CN1CCOC2CCCCC21. The maximum Gasteiger partial charge on any atom is 0.146 e. The molecular formula is C12H21NO2. The van der Waals surface area contributed by atoms with Crippen molar-refractivity contribution in [2.24, 2.45) is 0 Å². The van der Waals surface area contributed by atoms with Crippen molar-refractivity contribution in [1.82, 2.24) is 4.90 Å². The lowest BCUT2D eigenvalue weighted by Gasteiger charge is -2.43. The van der Waals surface area contributed by atoms with Crippen LogP contribution >= 0.6 is 0 Å². The van der Waals surface area contributed by atoms with Crippen LogP contribution in [0.1, 0.15) is 39.0 Å². The van der Waals surface area contributed by atoms with Crippen molar-refractivity contribution in [3.05, 3.63) is 0 Å². The van der Waals surface area contributed by atoms with Crippen molar-refractivity contribution in [1.29, 1.82) is 0 Å². The second kappa shape index (κ2) is 5.08. The number of nitrogens with zero attached hydrogens (tertiary/aromatic N) is 1. The van der Waals surface area contributed by atoms with Crippen LogP contribution in [0.4, 0.5) is 0 Å². The van der Waals surface area contributed by atoms with Crippen LogP contribution in [0.15, 0.2) is 0 Å². The number of ether oxygens (including phenoxy) is 1. The van der Waals surface area contributed by atoms with Crippen LogP contribution in [-0.4, -0.2) is 42.5 Å². The van der Waals surface area contributed by atoms with Crippen molar-refractivity contribution >= 4 is 5.78 Å². The maximum atomic E-state index is 11.5. The molecule has 0 spiro atoms. The number of hydrogen-bond donors (Lipinski definition) is 0. The monoisotopic (exact) mass is 211 g/mol. The molecule has 86 valence electrons. The Bertz CT molecular complexity index is 228. The van der Waals surface area contributed by atoms with E-state index in [1.54, 1.807) is 0 Å². The Labute approximate surface area is 91.8 Å². The van der Waals surface area contributed by atoms with Crippen LogP contribution < -0.4 is 0 Å². The molecular weight excluding hydrogens is 190 g/mol. The van der Waals surface area contributed by atoms with Gasteiger partial charge < -0.3 is 4.74 Å². The molecule has 1 saturated carbocycles. The third kappa shape index (κ3) is 2.58. The van der Waals surface area contributed by atoms with E-state index in [0.717, 1.165) is 13.2 Å². The van der Waals surface area contributed by atoms with E-state index < -0.39 is 0 Å². The highest BCUT2D eigenvalue weighted by atomic mass is 16.5. The second-order valence-corrected chi connectivity index (χ2v) is 4.62. The third-order valence-corrected chi connectivity index (χ3v) is 3.62. The number of rotatable bonds is 3. The van der Waals surface area contributed by atoms with Crippen LogP contribution in [0.5, 0.6) is 0 Å². The van der Waals surface area contributed by atoms with Crippen LogP contribution in [0.2, 0.25) is 0 Å². The Hall–Kier alpha value is -0.410. The van der Waals surface area contributed by atoms with Gasteiger partial charge in [0.25, 0.3) is 0 Å². The number of Topliss-reactive ketones (excluding diaryl/α,β-unsaturated/α-hetero) is 1. The van der Waals surface area contributed by atoms with E-state index >= 15 is 0 Å². The summed E-state index contributed by atoms with van der Waals surface area (Å²) >= 11 is 0. The zero-order valence-electron chi connectivity index (χ0n) is 9.58. The number of hydrogen-bond acceptors (Lipinski definition) is 3. The minimum atomic E-state index is 0.362. The van der Waals surface area contributed by atoms with E-state index in [9.17, 15) is 4.79 Å². The predicted molar refractivity (Wildman–Crippen MR) is 58.9 cm³/mol. The molecule has 3 heteroatoms. The lowest BCUT2D eigenvalue weighted by Crippen LogP contribution is -2.53. The lowest BCUT2D eigenvalue weighted by molar-refractivity contribution is -0.127. The van der Waals surface area contributed by atoms with Crippen molar-refractivity contribution in [2.45, 2.75) is 51.2 Å². The van der Waals surface area contributed by atoms with Gasteiger partial charge in [-0.05, 0) is 12.8 Å². The molecule has 15 heavy (non-hydrogen) atoms. The average Bonchev–Trinajstić information content (AvgIpc) is 2.29. The zero-order chi connectivity index (χ0) is 10.7. The first-order valence-corrected chi connectivity index (χ1v) is 6.18. The fraction of sp³-hybridized carbons (Fsp3) is 0.917. The van der Waals surface area contributed by atoms with Gasteiger partial charge in [-0.25, -0.2) is 0 Å². The molecule has 2 atom stereocenters. The minimum Gasteiger partial charge on any atom is -0.375 e. The molecule has 0 radical (unpaired) electrons. The van der Waals surface area contributed by atoms with E-state index in [-0.39, 0.29) is 0 Å². The topological polar surface area (TPSA) is 29.5 Å². The second-order valence-electron chi connectivity index (χ2n) is 4.62. The standard InChI is InChI=1S/C12H21NO2/c1-2-10(14)9-13-7-8-15-12-6-4-3-5-11(12)13/h11-12H,2-9H2,1H3. The van der Waals surface area contributed by atoms with Crippen molar-refractivity contribution in [3.8, 4) is 0 Å². The number of carbonyl (C=O) groups excluding carboxylic acids is 1. The molecule has 2 aliphatic rings. The summed E-state index contributed by atoms with van der Waals surface area (Å²) in [7, 11) is 0. The van der Waals surface area contributed by atoms with Crippen LogP contribution in [0.25, 0.3) is 0 Å². The van der Waals surface area contributed by atoms with Crippen LogP contribution in [-0.2, 0) is 9.53 Å². The van der Waals surface area contributed by atoms with Gasteiger partial charge >= 0.3 is 0 Å². The van der Waals surface area contributed by atoms with Crippen LogP contribution in [0.3, 0.4) is 0 Å². The van der Waals surface area contributed by atoms with Crippen LogP contribution in [0, 0.1) is 0 Å². The molecule has 3 nitrogen and oxygen atoms in total. The van der Waals surface area contributed by atoms with Gasteiger partial charge in [0.05, 0.1) is 19.3 Å². The zero-order valence-corrected chi connectivity index (χ0v) is 9.58. The lowest BCUT2D eigenvalue weighted by atomic mass is 9.90. The summed E-state index contributed by atoms with van der Waals surface area (Å²) in [6.45, 7) is 4.33. The van der Waals surface area contributed by atoms with Gasteiger partial charge in [0.1, 0.15) is 5.78 Å². The number of carbonyl (C=O) groups is 1. The van der Waals surface area contributed by atoms with Gasteiger partial charge in [-0.1, -0.05) is 19.8 Å². The maximum absolute atomic E-state index is 11.5. The van der Waals surface area contributed by atoms with Crippen molar-refractivity contribution < 1.29 is 9.53 Å². The van der Waals surface area contributed by atoms with Gasteiger partial charge in [0, 0.05) is 19.0 Å². The van der Waals surface area contributed by atoms with E-state index in [0.29, 0.717) is 30.9 Å². The summed E-state index contributed by atoms with van der Waals surface area (Å²) in [6, 6.07) is 0.517. The molecule has 0 bridgehead atoms. The van der Waals surface area contributed by atoms with E-state index in [4.69, 9.17) is 4.74 Å². The summed E-state index contributed by atoms with van der Waals surface area (Å²) < 4.78 is 5.77.